The normalized spacial score (nSPS) is 12.5. The van der Waals surface area contributed by atoms with Crippen molar-refractivity contribution in [2.45, 2.75) is 5.38 Å². The van der Waals surface area contributed by atoms with Gasteiger partial charge >= 0.3 is 0 Å². The summed E-state index contributed by atoms with van der Waals surface area (Å²) in [5, 5.41) is 1.30. The fourth-order valence-corrected chi connectivity index (χ4v) is 3.04. The molecule has 1 unspecified atom stereocenters. The van der Waals surface area contributed by atoms with Crippen molar-refractivity contribution in [2.75, 3.05) is 0 Å². The Bertz CT molecular complexity index is 563. The summed E-state index contributed by atoms with van der Waals surface area (Å²) >= 11 is 27.7. The lowest BCUT2D eigenvalue weighted by Crippen LogP contribution is -1.93. The molecule has 0 N–H and O–H groups in total. The van der Waals surface area contributed by atoms with E-state index in [1.165, 1.54) is 0 Å². The van der Waals surface area contributed by atoms with Gasteiger partial charge in [0.15, 0.2) is 0 Å². The predicted octanol–water partition coefficient (Wildman–Crippen LogP) is 6.74. The van der Waals surface area contributed by atoms with E-state index in [0.29, 0.717) is 15.1 Å². The summed E-state index contributed by atoms with van der Waals surface area (Å²) in [6.07, 6.45) is 0. The van der Waals surface area contributed by atoms with Crippen LogP contribution >= 0.6 is 62.3 Å². The molecule has 0 saturated carbocycles. The molecule has 94 valence electrons. The van der Waals surface area contributed by atoms with Crippen LogP contribution in [0.1, 0.15) is 16.5 Å². The third-order valence-corrected chi connectivity index (χ3v) is 4.33. The monoisotopic (exact) mass is 382 g/mol. The van der Waals surface area contributed by atoms with Gasteiger partial charge < -0.3 is 0 Å². The quantitative estimate of drug-likeness (QED) is 0.503. The van der Waals surface area contributed by atoms with Crippen molar-refractivity contribution in [3.8, 4) is 0 Å². The molecule has 0 heterocycles. The summed E-state index contributed by atoms with van der Waals surface area (Å²) in [5.41, 5.74) is 1.77. The minimum Gasteiger partial charge on any atom is -0.113 e. The third kappa shape index (κ3) is 3.34. The molecule has 0 radical (unpaired) electrons. The molecule has 0 fully saturated rings. The van der Waals surface area contributed by atoms with Crippen molar-refractivity contribution in [3.05, 3.63) is 67.1 Å². The van der Waals surface area contributed by atoms with E-state index in [9.17, 15) is 0 Å². The molecule has 0 aliphatic carbocycles. The number of rotatable bonds is 2. The highest BCUT2D eigenvalue weighted by Crippen LogP contribution is 2.35. The van der Waals surface area contributed by atoms with Crippen molar-refractivity contribution in [1.29, 1.82) is 0 Å². The second-order valence-corrected chi connectivity index (χ2v) is 6.34. The van der Waals surface area contributed by atoms with Crippen LogP contribution in [0.3, 0.4) is 0 Å². The highest BCUT2D eigenvalue weighted by Gasteiger charge is 2.13. The van der Waals surface area contributed by atoms with E-state index in [4.69, 9.17) is 46.4 Å². The lowest BCUT2D eigenvalue weighted by molar-refractivity contribution is 1.14. The SMILES string of the molecule is Clc1cc(Br)cc(C(Cl)c2ccc(Cl)c(Cl)c2)c1. The molecular formula is C13H7BrCl4. The van der Waals surface area contributed by atoms with E-state index in [1.54, 1.807) is 12.1 Å². The van der Waals surface area contributed by atoms with E-state index in [1.807, 2.05) is 24.3 Å². The minimum atomic E-state index is -0.324. The summed E-state index contributed by atoms with van der Waals surface area (Å²) in [4.78, 5) is 0. The maximum atomic E-state index is 6.42. The summed E-state index contributed by atoms with van der Waals surface area (Å²) in [7, 11) is 0. The molecule has 0 nitrogen and oxygen atoms in total. The zero-order valence-electron chi connectivity index (χ0n) is 8.93. The van der Waals surface area contributed by atoms with E-state index in [-0.39, 0.29) is 5.38 Å². The van der Waals surface area contributed by atoms with Gasteiger partial charge in [-0.05, 0) is 41.5 Å². The van der Waals surface area contributed by atoms with Crippen LogP contribution in [0.15, 0.2) is 40.9 Å². The van der Waals surface area contributed by atoms with Crippen LogP contribution in [-0.2, 0) is 0 Å². The van der Waals surface area contributed by atoms with Gasteiger partial charge in [0, 0.05) is 9.50 Å². The molecule has 0 aliphatic rings. The van der Waals surface area contributed by atoms with Crippen molar-refractivity contribution in [2.24, 2.45) is 0 Å². The smallest absolute Gasteiger partial charge is 0.0836 e. The number of halogens is 5. The number of alkyl halides is 1. The molecule has 2 aromatic carbocycles. The average Bonchev–Trinajstić information content (AvgIpc) is 2.30. The van der Waals surface area contributed by atoms with E-state index < -0.39 is 0 Å². The first kappa shape index (κ1) is 14.5. The number of hydrogen-bond donors (Lipinski definition) is 0. The van der Waals surface area contributed by atoms with Gasteiger partial charge in [0.2, 0.25) is 0 Å². The van der Waals surface area contributed by atoms with E-state index in [2.05, 4.69) is 15.9 Å². The van der Waals surface area contributed by atoms with Gasteiger partial charge in [-0.15, -0.1) is 11.6 Å². The predicted molar refractivity (Wildman–Crippen MR) is 83.3 cm³/mol. The van der Waals surface area contributed by atoms with Gasteiger partial charge in [-0.25, -0.2) is 0 Å². The van der Waals surface area contributed by atoms with Crippen LogP contribution in [0, 0.1) is 0 Å². The molecule has 2 aromatic rings. The highest BCUT2D eigenvalue weighted by molar-refractivity contribution is 9.10. The molecule has 1 atom stereocenters. The van der Waals surface area contributed by atoms with Crippen molar-refractivity contribution >= 4 is 62.3 Å². The molecule has 18 heavy (non-hydrogen) atoms. The van der Waals surface area contributed by atoms with Crippen LogP contribution in [0.2, 0.25) is 15.1 Å². The van der Waals surface area contributed by atoms with Gasteiger partial charge in [0.1, 0.15) is 0 Å². The first-order valence-electron chi connectivity index (χ1n) is 5.02. The summed E-state index contributed by atoms with van der Waals surface area (Å²) < 4.78 is 0.885. The van der Waals surface area contributed by atoms with Crippen LogP contribution in [-0.4, -0.2) is 0 Å². The third-order valence-electron chi connectivity index (χ3n) is 2.41. The Balaban J connectivity index is 2.40. The Morgan fingerprint density at radius 2 is 1.56 bits per heavy atom. The lowest BCUT2D eigenvalue weighted by Gasteiger charge is -2.12. The largest absolute Gasteiger partial charge is 0.113 e. The minimum absolute atomic E-state index is 0.324. The summed E-state index contributed by atoms with van der Waals surface area (Å²) in [6.45, 7) is 0. The maximum Gasteiger partial charge on any atom is 0.0836 e. The molecule has 0 spiro atoms. The first-order valence-corrected chi connectivity index (χ1v) is 7.38. The van der Waals surface area contributed by atoms with Crippen LogP contribution < -0.4 is 0 Å². The second-order valence-electron chi connectivity index (χ2n) is 3.74. The van der Waals surface area contributed by atoms with Crippen molar-refractivity contribution in [1.82, 2.24) is 0 Å². The highest BCUT2D eigenvalue weighted by atomic mass is 79.9. The van der Waals surface area contributed by atoms with Gasteiger partial charge in [0.25, 0.3) is 0 Å². The Morgan fingerprint density at radius 1 is 0.833 bits per heavy atom. The second kappa shape index (κ2) is 6.02. The Kier molecular flexibility index (Phi) is 4.85. The number of hydrogen-bond acceptors (Lipinski definition) is 0. The van der Waals surface area contributed by atoms with E-state index >= 15 is 0 Å². The number of benzene rings is 2. The molecule has 0 amide bonds. The van der Waals surface area contributed by atoms with Crippen molar-refractivity contribution < 1.29 is 0 Å². The molecule has 0 aromatic heterocycles. The average molecular weight is 385 g/mol. The van der Waals surface area contributed by atoms with Crippen LogP contribution in [0.4, 0.5) is 0 Å². The summed E-state index contributed by atoms with van der Waals surface area (Å²) in [5.74, 6) is 0. The standard InChI is InChI=1S/C13H7BrCl4/c14-9-3-8(4-10(15)6-9)13(18)7-1-2-11(16)12(17)5-7/h1-6,13H. The summed E-state index contributed by atoms with van der Waals surface area (Å²) in [6, 6.07) is 10.9. The Labute approximate surface area is 134 Å². The Morgan fingerprint density at radius 3 is 2.17 bits per heavy atom. The van der Waals surface area contributed by atoms with E-state index in [0.717, 1.165) is 15.6 Å². The lowest BCUT2D eigenvalue weighted by atomic mass is 10.0. The maximum absolute atomic E-state index is 6.42. The zero-order chi connectivity index (χ0) is 13.3. The topological polar surface area (TPSA) is 0 Å². The van der Waals surface area contributed by atoms with Gasteiger partial charge in [-0.1, -0.05) is 56.8 Å². The molecule has 0 aliphatic heterocycles. The molecule has 0 saturated heterocycles. The van der Waals surface area contributed by atoms with Crippen molar-refractivity contribution in [3.63, 3.8) is 0 Å². The van der Waals surface area contributed by atoms with Gasteiger partial charge in [-0.3, -0.25) is 0 Å². The molecule has 2 rings (SSSR count). The van der Waals surface area contributed by atoms with Crippen LogP contribution in [0.5, 0.6) is 0 Å². The molecule has 0 bridgehead atoms. The Hall–Kier alpha value is 0.0800. The fourth-order valence-electron chi connectivity index (χ4n) is 1.58. The molecular weight excluding hydrogens is 378 g/mol. The van der Waals surface area contributed by atoms with Gasteiger partial charge in [0.05, 0.1) is 15.4 Å². The zero-order valence-corrected chi connectivity index (χ0v) is 13.5. The first-order chi connectivity index (χ1) is 8.47. The van der Waals surface area contributed by atoms with Crippen LogP contribution in [0.25, 0.3) is 0 Å². The van der Waals surface area contributed by atoms with Gasteiger partial charge in [-0.2, -0.15) is 0 Å². The molecule has 5 heteroatoms. The fraction of sp³-hybridized carbons (Fsp3) is 0.0769.